The summed E-state index contributed by atoms with van der Waals surface area (Å²) in [6, 6.07) is 4.56. The predicted octanol–water partition coefficient (Wildman–Crippen LogP) is 4.47. The van der Waals surface area contributed by atoms with Crippen LogP contribution in [0.1, 0.15) is 39.9 Å². The van der Waals surface area contributed by atoms with E-state index in [0.717, 1.165) is 13.2 Å². The largest absolute Gasteiger partial charge is 0.381 e. The summed E-state index contributed by atoms with van der Waals surface area (Å²) in [6.07, 6.45) is 2.46. The normalized spacial score (nSPS) is 22.5. The number of aryl methyl sites for hydroxylation is 3. The van der Waals surface area contributed by atoms with Crippen LogP contribution in [0.3, 0.4) is 0 Å². The molecule has 1 aliphatic heterocycles. The summed E-state index contributed by atoms with van der Waals surface area (Å²) in [7, 11) is 0. The average Bonchev–Trinajstić information content (AvgIpc) is 2.28. The van der Waals surface area contributed by atoms with Gasteiger partial charge in [0.05, 0.1) is 6.61 Å². The quantitative estimate of drug-likeness (QED) is 0.732. The van der Waals surface area contributed by atoms with Crippen LogP contribution in [-0.2, 0) is 4.74 Å². The van der Waals surface area contributed by atoms with Gasteiger partial charge in [0.15, 0.2) is 0 Å². The lowest BCUT2D eigenvalue weighted by molar-refractivity contribution is 0.0545. The second-order valence-electron chi connectivity index (χ2n) is 5.19. The van der Waals surface area contributed by atoms with E-state index in [1.165, 1.54) is 35.1 Å². The molecule has 1 nitrogen and oxygen atoms in total. The van der Waals surface area contributed by atoms with Crippen molar-refractivity contribution in [1.82, 2.24) is 0 Å². The van der Waals surface area contributed by atoms with Gasteiger partial charge in [-0.2, -0.15) is 0 Å². The van der Waals surface area contributed by atoms with Gasteiger partial charge in [-0.15, -0.1) is 0 Å². The van der Waals surface area contributed by atoms with Gasteiger partial charge in [0.2, 0.25) is 0 Å². The molecule has 0 aliphatic carbocycles. The molecule has 0 spiro atoms. The molecule has 0 saturated carbocycles. The fraction of sp³-hybridized carbons (Fsp3) is 0.600. The minimum Gasteiger partial charge on any atom is -0.381 e. The molecule has 0 radical (unpaired) electrons. The minimum absolute atomic E-state index is 0.434. The van der Waals surface area contributed by atoms with Gasteiger partial charge in [-0.05, 0) is 56.2 Å². The molecule has 1 aliphatic rings. The zero-order chi connectivity index (χ0) is 12.4. The first-order valence-electron chi connectivity index (χ1n) is 6.39. The van der Waals surface area contributed by atoms with Crippen molar-refractivity contribution >= 4 is 15.9 Å². The van der Waals surface area contributed by atoms with Crippen LogP contribution in [0, 0.1) is 26.7 Å². The number of hydrogen-bond acceptors (Lipinski definition) is 1. The van der Waals surface area contributed by atoms with E-state index < -0.39 is 0 Å². The van der Waals surface area contributed by atoms with Crippen LogP contribution in [0.15, 0.2) is 12.1 Å². The molecule has 0 amide bonds. The van der Waals surface area contributed by atoms with Crippen molar-refractivity contribution in [3.05, 3.63) is 34.4 Å². The maximum Gasteiger partial charge on any atom is 0.0508 e. The van der Waals surface area contributed by atoms with Crippen LogP contribution >= 0.6 is 15.9 Å². The lowest BCUT2D eigenvalue weighted by Crippen LogP contribution is -2.22. The fourth-order valence-electron chi connectivity index (χ4n) is 2.86. The van der Waals surface area contributed by atoms with Crippen molar-refractivity contribution in [2.24, 2.45) is 5.92 Å². The molecule has 2 atom stereocenters. The van der Waals surface area contributed by atoms with E-state index in [1.54, 1.807) is 0 Å². The maximum absolute atomic E-state index is 5.60. The van der Waals surface area contributed by atoms with E-state index in [-0.39, 0.29) is 0 Å². The summed E-state index contributed by atoms with van der Waals surface area (Å²) in [6.45, 7) is 8.42. The molecular formula is C15H21BrO. The van der Waals surface area contributed by atoms with Crippen LogP contribution in [-0.4, -0.2) is 13.2 Å². The first-order chi connectivity index (χ1) is 8.09. The number of hydrogen-bond donors (Lipinski definition) is 0. The number of ether oxygens (including phenoxy) is 1. The Morgan fingerprint density at radius 3 is 2.41 bits per heavy atom. The SMILES string of the molecule is Cc1cc(C)c(C(Br)C2CCCOC2)c(C)c1. The Morgan fingerprint density at radius 2 is 1.88 bits per heavy atom. The van der Waals surface area contributed by atoms with Gasteiger partial charge in [-0.1, -0.05) is 33.6 Å². The van der Waals surface area contributed by atoms with Crippen LogP contribution in [0.5, 0.6) is 0 Å². The topological polar surface area (TPSA) is 9.23 Å². The predicted molar refractivity (Wildman–Crippen MR) is 75.9 cm³/mol. The van der Waals surface area contributed by atoms with E-state index in [2.05, 4.69) is 48.8 Å². The molecule has 1 heterocycles. The summed E-state index contributed by atoms with van der Waals surface area (Å²) in [4.78, 5) is 0.434. The number of benzene rings is 1. The summed E-state index contributed by atoms with van der Waals surface area (Å²) in [5.41, 5.74) is 5.61. The average molecular weight is 297 g/mol. The standard InChI is InChI=1S/C15H21BrO/c1-10-7-11(2)14(12(3)8-10)15(16)13-5-4-6-17-9-13/h7-8,13,15H,4-6,9H2,1-3H3. The highest BCUT2D eigenvalue weighted by Gasteiger charge is 2.25. The Kier molecular flexibility index (Phi) is 4.26. The zero-order valence-corrected chi connectivity index (χ0v) is 12.5. The van der Waals surface area contributed by atoms with Crippen LogP contribution in [0.4, 0.5) is 0 Å². The molecule has 94 valence electrons. The number of rotatable bonds is 2. The van der Waals surface area contributed by atoms with E-state index in [4.69, 9.17) is 4.74 Å². The van der Waals surface area contributed by atoms with Crippen LogP contribution < -0.4 is 0 Å². The highest BCUT2D eigenvalue weighted by Crippen LogP contribution is 2.39. The molecule has 0 bridgehead atoms. The maximum atomic E-state index is 5.60. The lowest BCUT2D eigenvalue weighted by atomic mass is 9.88. The second-order valence-corrected chi connectivity index (χ2v) is 6.18. The van der Waals surface area contributed by atoms with E-state index in [1.807, 2.05) is 0 Å². The summed E-state index contributed by atoms with van der Waals surface area (Å²) >= 11 is 3.89. The molecular weight excluding hydrogens is 276 g/mol. The summed E-state index contributed by atoms with van der Waals surface area (Å²) in [5, 5.41) is 0. The monoisotopic (exact) mass is 296 g/mol. The lowest BCUT2D eigenvalue weighted by Gasteiger charge is -2.29. The summed E-state index contributed by atoms with van der Waals surface area (Å²) in [5.74, 6) is 0.615. The summed E-state index contributed by atoms with van der Waals surface area (Å²) < 4.78 is 5.60. The first-order valence-corrected chi connectivity index (χ1v) is 7.30. The number of halogens is 1. The van der Waals surface area contributed by atoms with Gasteiger partial charge in [0.1, 0.15) is 0 Å². The molecule has 0 N–H and O–H groups in total. The Morgan fingerprint density at radius 1 is 1.24 bits per heavy atom. The minimum atomic E-state index is 0.434. The van der Waals surface area contributed by atoms with Gasteiger partial charge >= 0.3 is 0 Å². The molecule has 2 rings (SSSR count). The Bertz CT molecular complexity index is 371. The van der Waals surface area contributed by atoms with E-state index in [0.29, 0.717) is 10.7 Å². The highest BCUT2D eigenvalue weighted by molar-refractivity contribution is 9.09. The molecule has 2 unspecified atom stereocenters. The first kappa shape index (κ1) is 13.1. The third-order valence-corrected chi connectivity index (χ3v) is 4.83. The van der Waals surface area contributed by atoms with Crippen molar-refractivity contribution in [2.45, 2.75) is 38.4 Å². The third kappa shape index (κ3) is 2.92. The van der Waals surface area contributed by atoms with Gasteiger partial charge in [0.25, 0.3) is 0 Å². The molecule has 1 fully saturated rings. The highest BCUT2D eigenvalue weighted by atomic mass is 79.9. The van der Waals surface area contributed by atoms with Crippen molar-refractivity contribution in [3.8, 4) is 0 Å². The molecule has 1 aromatic rings. The number of alkyl halides is 1. The van der Waals surface area contributed by atoms with Crippen molar-refractivity contribution in [2.75, 3.05) is 13.2 Å². The van der Waals surface area contributed by atoms with Crippen molar-refractivity contribution in [3.63, 3.8) is 0 Å². The van der Waals surface area contributed by atoms with Crippen molar-refractivity contribution in [1.29, 1.82) is 0 Å². The zero-order valence-electron chi connectivity index (χ0n) is 10.9. The molecule has 1 aromatic carbocycles. The Hall–Kier alpha value is -0.340. The fourth-order valence-corrected chi connectivity index (χ4v) is 4.00. The van der Waals surface area contributed by atoms with Crippen LogP contribution in [0.2, 0.25) is 0 Å². The van der Waals surface area contributed by atoms with Crippen LogP contribution in [0.25, 0.3) is 0 Å². The Balaban J connectivity index is 2.26. The van der Waals surface area contributed by atoms with Gasteiger partial charge < -0.3 is 4.74 Å². The van der Waals surface area contributed by atoms with Gasteiger partial charge in [-0.3, -0.25) is 0 Å². The third-order valence-electron chi connectivity index (χ3n) is 3.62. The Labute approximate surface area is 113 Å². The molecule has 1 saturated heterocycles. The molecule has 17 heavy (non-hydrogen) atoms. The van der Waals surface area contributed by atoms with E-state index in [9.17, 15) is 0 Å². The van der Waals surface area contributed by atoms with Gasteiger partial charge in [-0.25, -0.2) is 0 Å². The second kappa shape index (κ2) is 5.53. The van der Waals surface area contributed by atoms with Crippen molar-refractivity contribution < 1.29 is 4.74 Å². The smallest absolute Gasteiger partial charge is 0.0508 e. The van der Waals surface area contributed by atoms with Gasteiger partial charge in [0, 0.05) is 11.4 Å². The molecule has 0 aromatic heterocycles. The van der Waals surface area contributed by atoms with E-state index >= 15 is 0 Å². The molecule has 2 heteroatoms.